The summed E-state index contributed by atoms with van der Waals surface area (Å²) in [5.41, 5.74) is 2.62. The highest BCUT2D eigenvalue weighted by Crippen LogP contribution is 2.20. The lowest BCUT2D eigenvalue weighted by Crippen LogP contribution is -2.37. The predicted octanol–water partition coefficient (Wildman–Crippen LogP) is 1.82. The van der Waals surface area contributed by atoms with Gasteiger partial charge in [0, 0.05) is 18.8 Å². The van der Waals surface area contributed by atoms with Crippen molar-refractivity contribution < 1.29 is 24.2 Å². The van der Waals surface area contributed by atoms with E-state index < -0.39 is 23.6 Å². The molecule has 2 heterocycles. The third-order valence-electron chi connectivity index (χ3n) is 3.73. The molecule has 1 atom stereocenters. The summed E-state index contributed by atoms with van der Waals surface area (Å²) < 4.78 is 6.55. The minimum Gasteiger partial charge on any atom is -0.477 e. The highest BCUT2D eigenvalue weighted by atomic mass is 16.6. The molecule has 0 spiro atoms. The lowest BCUT2D eigenvalue weighted by Gasteiger charge is -2.24. The van der Waals surface area contributed by atoms with Crippen LogP contribution in [0.15, 0.2) is 12.1 Å². The number of carbonyl (C=O) groups is 3. The van der Waals surface area contributed by atoms with Crippen LogP contribution in [-0.4, -0.2) is 51.3 Å². The van der Waals surface area contributed by atoms with Crippen LogP contribution in [0.4, 0.5) is 4.79 Å². The van der Waals surface area contributed by atoms with Crippen molar-refractivity contribution in [1.82, 2.24) is 9.58 Å². The molecule has 0 aliphatic carbocycles. The molecule has 132 valence electrons. The Labute approximate surface area is 140 Å². The molecule has 24 heavy (non-hydrogen) atoms. The van der Waals surface area contributed by atoms with Crippen molar-refractivity contribution in [2.45, 2.75) is 39.7 Å². The number of aromatic carboxylic acids is 1. The molecule has 0 bridgehead atoms. The Morgan fingerprint density at radius 1 is 1.29 bits per heavy atom. The highest BCUT2D eigenvalue weighted by molar-refractivity contribution is 5.90. The molecule has 1 fully saturated rings. The number of nitrogens with one attached hydrogen (secondary N) is 1. The second-order valence-electron chi connectivity index (χ2n) is 6.89. The molecule has 2 amide bonds. The van der Waals surface area contributed by atoms with Crippen LogP contribution in [0.3, 0.4) is 0 Å². The second kappa shape index (κ2) is 6.54. The first-order valence-corrected chi connectivity index (χ1v) is 7.79. The summed E-state index contributed by atoms with van der Waals surface area (Å²) in [6.45, 7) is 7.75. The number of amides is 2. The maximum atomic E-state index is 12.4. The maximum Gasteiger partial charge on any atom is 0.410 e. The summed E-state index contributed by atoms with van der Waals surface area (Å²) in [5, 5.41) is 9.14. The molecule has 1 aliphatic heterocycles. The van der Waals surface area contributed by atoms with Gasteiger partial charge in [0.15, 0.2) is 0 Å². The normalized spacial score (nSPS) is 17.7. The molecule has 1 saturated heterocycles. The molecule has 1 unspecified atom stereocenters. The zero-order valence-electron chi connectivity index (χ0n) is 14.3. The van der Waals surface area contributed by atoms with Crippen LogP contribution in [0.5, 0.6) is 0 Å². The zero-order chi connectivity index (χ0) is 18.1. The van der Waals surface area contributed by atoms with E-state index in [1.807, 2.05) is 0 Å². The number of hydrogen-bond acceptors (Lipinski definition) is 4. The van der Waals surface area contributed by atoms with Gasteiger partial charge in [0.05, 0.1) is 5.92 Å². The van der Waals surface area contributed by atoms with Crippen LogP contribution in [0, 0.1) is 12.8 Å². The summed E-state index contributed by atoms with van der Waals surface area (Å²) in [7, 11) is 0. The van der Waals surface area contributed by atoms with Gasteiger partial charge in [0.2, 0.25) is 5.91 Å². The summed E-state index contributed by atoms with van der Waals surface area (Å²) in [4.78, 5) is 37.1. The third kappa shape index (κ3) is 4.06. The number of carboxylic acids is 1. The number of aromatic nitrogens is 1. The number of likely N-dealkylation sites (tertiary alicyclic amines) is 1. The Bertz CT molecular complexity index is 659. The van der Waals surface area contributed by atoms with E-state index in [2.05, 4.69) is 5.43 Å². The summed E-state index contributed by atoms with van der Waals surface area (Å²) in [6.07, 6.45) is 0.0644. The first kappa shape index (κ1) is 17.8. The van der Waals surface area contributed by atoms with Crippen LogP contribution in [-0.2, 0) is 9.53 Å². The van der Waals surface area contributed by atoms with E-state index in [1.165, 1.54) is 15.6 Å². The topological polar surface area (TPSA) is 101 Å². The van der Waals surface area contributed by atoms with Crippen molar-refractivity contribution in [3.05, 3.63) is 23.5 Å². The molecule has 1 aliphatic rings. The van der Waals surface area contributed by atoms with Crippen LogP contribution in [0.1, 0.15) is 43.4 Å². The number of rotatable bonds is 3. The van der Waals surface area contributed by atoms with Crippen molar-refractivity contribution in [2.75, 3.05) is 18.5 Å². The van der Waals surface area contributed by atoms with Crippen molar-refractivity contribution in [3.8, 4) is 0 Å². The third-order valence-corrected chi connectivity index (χ3v) is 3.73. The first-order chi connectivity index (χ1) is 11.1. The van der Waals surface area contributed by atoms with Gasteiger partial charge in [-0.05, 0) is 46.2 Å². The average Bonchev–Trinajstić information content (AvgIpc) is 3.05. The van der Waals surface area contributed by atoms with Crippen LogP contribution < -0.4 is 5.43 Å². The molecular weight excluding hydrogens is 314 g/mol. The Balaban J connectivity index is 1.99. The van der Waals surface area contributed by atoms with Crippen molar-refractivity contribution in [3.63, 3.8) is 0 Å². The van der Waals surface area contributed by atoms with E-state index in [1.54, 1.807) is 33.8 Å². The predicted molar refractivity (Wildman–Crippen MR) is 86.4 cm³/mol. The second-order valence-corrected chi connectivity index (χ2v) is 6.89. The maximum absolute atomic E-state index is 12.4. The highest BCUT2D eigenvalue weighted by Gasteiger charge is 2.34. The fourth-order valence-electron chi connectivity index (χ4n) is 2.52. The number of ether oxygens (including phenoxy) is 1. The van der Waals surface area contributed by atoms with Gasteiger partial charge < -0.3 is 14.7 Å². The number of nitrogens with zero attached hydrogens (tertiary/aromatic N) is 2. The van der Waals surface area contributed by atoms with Gasteiger partial charge >= 0.3 is 12.1 Å². The van der Waals surface area contributed by atoms with Gasteiger partial charge in [0.25, 0.3) is 0 Å². The van der Waals surface area contributed by atoms with E-state index in [9.17, 15) is 14.4 Å². The van der Waals surface area contributed by atoms with E-state index in [-0.39, 0.29) is 18.1 Å². The van der Waals surface area contributed by atoms with Crippen LogP contribution in [0.2, 0.25) is 0 Å². The Morgan fingerprint density at radius 3 is 2.54 bits per heavy atom. The fraction of sp³-hybridized carbons (Fsp3) is 0.562. The quantitative estimate of drug-likeness (QED) is 0.876. The van der Waals surface area contributed by atoms with E-state index >= 15 is 0 Å². The molecule has 0 aromatic carbocycles. The Morgan fingerprint density at radius 2 is 1.96 bits per heavy atom. The summed E-state index contributed by atoms with van der Waals surface area (Å²) in [5.74, 6) is -1.84. The van der Waals surface area contributed by atoms with Gasteiger partial charge in [-0.25, -0.2) is 9.59 Å². The van der Waals surface area contributed by atoms with E-state index in [4.69, 9.17) is 9.84 Å². The minimum absolute atomic E-state index is 0.0113. The van der Waals surface area contributed by atoms with Crippen molar-refractivity contribution >= 4 is 18.0 Å². The van der Waals surface area contributed by atoms with Crippen molar-refractivity contribution in [2.24, 2.45) is 5.92 Å². The molecular formula is C16H23N3O5. The largest absolute Gasteiger partial charge is 0.477 e. The van der Waals surface area contributed by atoms with Gasteiger partial charge in [-0.1, -0.05) is 0 Å². The minimum atomic E-state index is -1.12. The van der Waals surface area contributed by atoms with Crippen LogP contribution >= 0.6 is 0 Å². The first-order valence-electron chi connectivity index (χ1n) is 7.79. The molecule has 1 aromatic rings. The number of aryl methyl sites for hydroxylation is 1. The van der Waals surface area contributed by atoms with Gasteiger partial charge in [-0.2, -0.15) is 0 Å². The molecule has 0 radical (unpaired) electrons. The van der Waals surface area contributed by atoms with E-state index in [0.29, 0.717) is 18.7 Å². The summed E-state index contributed by atoms with van der Waals surface area (Å²) in [6, 6.07) is 3.05. The van der Waals surface area contributed by atoms with E-state index in [0.717, 1.165) is 0 Å². The molecule has 2 N–H and O–H groups in total. The zero-order valence-corrected chi connectivity index (χ0v) is 14.3. The lowest BCUT2D eigenvalue weighted by molar-refractivity contribution is -0.120. The van der Waals surface area contributed by atoms with Gasteiger partial charge in [0.1, 0.15) is 11.3 Å². The SMILES string of the molecule is Cc1ccc(C(=O)O)n1NC(=O)C1CCN(C(=O)OC(C)(C)C)C1. The number of carbonyl (C=O) groups excluding carboxylic acids is 2. The molecule has 8 heteroatoms. The smallest absolute Gasteiger partial charge is 0.410 e. The van der Waals surface area contributed by atoms with Crippen molar-refractivity contribution in [1.29, 1.82) is 0 Å². The number of hydrogen-bond donors (Lipinski definition) is 2. The monoisotopic (exact) mass is 337 g/mol. The molecule has 1 aromatic heterocycles. The van der Waals surface area contributed by atoms with Gasteiger partial charge in [-0.3, -0.25) is 14.9 Å². The molecule has 8 nitrogen and oxygen atoms in total. The van der Waals surface area contributed by atoms with Gasteiger partial charge in [-0.15, -0.1) is 0 Å². The average molecular weight is 337 g/mol. The lowest BCUT2D eigenvalue weighted by atomic mass is 10.1. The number of carboxylic acid groups (broad SMARTS) is 1. The van der Waals surface area contributed by atoms with Crippen LogP contribution in [0.25, 0.3) is 0 Å². The molecule has 2 rings (SSSR count). The Hall–Kier alpha value is -2.51. The fourth-order valence-corrected chi connectivity index (χ4v) is 2.52. The molecule has 0 saturated carbocycles. The summed E-state index contributed by atoms with van der Waals surface area (Å²) >= 11 is 0. The Kier molecular flexibility index (Phi) is 4.86. The standard InChI is InChI=1S/C16H23N3O5/c1-10-5-6-12(14(21)22)19(10)17-13(20)11-7-8-18(9-11)15(23)24-16(2,3)4/h5-6,11H,7-9H2,1-4H3,(H,17,20)(H,21,22).